The van der Waals surface area contributed by atoms with Crippen LogP contribution >= 0.6 is 0 Å². The predicted octanol–water partition coefficient (Wildman–Crippen LogP) is 3.95. The van der Waals surface area contributed by atoms with Gasteiger partial charge in [0.15, 0.2) is 5.58 Å². The van der Waals surface area contributed by atoms with Gasteiger partial charge in [-0.15, -0.1) is 0 Å². The van der Waals surface area contributed by atoms with Crippen LogP contribution in [0.2, 0.25) is 0 Å². The van der Waals surface area contributed by atoms with Crippen molar-refractivity contribution in [1.29, 1.82) is 0 Å². The number of aromatic nitrogens is 1. The average molecular weight is 314 g/mol. The van der Waals surface area contributed by atoms with Gasteiger partial charge in [-0.05, 0) is 31.0 Å². The van der Waals surface area contributed by atoms with Crippen molar-refractivity contribution in [3.8, 4) is 0 Å². The summed E-state index contributed by atoms with van der Waals surface area (Å²) in [5, 5.41) is 2.96. The molecule has 0 fully saturated rings. The number of carbonyl (C=O) groups is 1. The summed E-state index contributed by atoms with van der Waals surface area (Å²) in [6, 6.07) is 10.0. The fraction of sp³-hybridized carbons (Fsp3) is 0.278. The zero-order valence-corrected chi connectivity index (χ0v) is 13.2. The Morgan fingerprint density at radius 3 is 2.91 bits per heavy atom. The van der Waals surface area contributed by atoms with Gasteiger partial charge in [-0.3, -0.25) is 4.79 Å². The van der Waals surface area contributed by atoms with Crippen LogP contribution < -0.4 is 5.32 Å². The van der Waals surface area contributed by atoms with Crippen molar-refractivity contribution < 1.29 is 13.6 Å². The molecule has 1 amide bonds. The van der Waals surface area contributed by atoms with E-state index < -0.39 is 0 Å². The molecular weight excluding hydrogens is 295 g/mol. The lowest BCUT2D eigenvalue weighted by Crippen LogP contribution is -2.33. The van der Waals surface area contributed by atoms with E-state index in [2.05, 4.69) is 5.32 Å². The highest BCUT2D eigenvalue weighted by Crippen LogP contribution is 2.23. The predicted molar refractivity (Wildman–Crippen MR) is 86.9 cm³/mol. The number of rotatable bonds is 5. The van der Waals surface area contributed by atoms with Gasteiger partial charge in [-0.25, -0.2) is 4.39 Å². The maximum Gasteiger partial charge on any atom is 0.268 e. The molecule has 23 heavy (non-hydrogen) atoms. The molecule has 0 saturated carbocycles. The summed E-state index contributed by atoms with van der Waals surface area (Å²) in [5.74, 6) is -0.439. The molecule has 0 saturated heterocycles. The zero-order chi connectivity index (χ0) is 16.4. The summed E-state index contributed by atoms with van der Waals surface area (Å²) < 4.78 is 20.7. The third kappa shape index (κ3) is 3.13. The molecule has 0 spiro atoms. The fourth-order valence-electron chi connectivity index (χ4n) is 2.55. The van der Waals surface area contributed by atoms with Crippen LogP contribution in [0.15, 0.2) is 47.1 Å². The lowest BCUT2D eigenvalue weighted by atomic mass is 10.2. The number of furan rings is 1. The first-order valence-corrected chi connectivity index (χ1v) is 7.70. The fourth-order valence-corrected chi connectivity index (χ4v) is 2.55. The number of carbonyl (C=O) groups excluding carboxylic acids is 1. The molecule has 3 rings (SSSR count). The molecule has 2 aromatic heterocycles. The van der Waals surface area contributed by atoms with Gasteiger partial charge in [0.1, 0.15) is 11.5 Å². The number of benzene rings is 1. The zero-order valence-electron chi connectivity index (χ0n) is 13.2. The van der Waals surface area contributed by atoms with E-state index in [4.69, 9.17) is 4.42 Å². The van der Waals surface area contributed by atoms with Crippen LogP contribution in [-0.2, 0) is 6.54 Å². The van der Waals surface area contributed by atoms with Gasteiger partial charge < -0.3 is 14.3 Å². The molecule has 0 bridgehead atoms. The van der Waals surface area contributed by atoms with Crippen molar-refractivity contribution in [2.24, 2.45) is 0 Å². The van der Waals surface area contributed by atoms with E-state index in [0.717, 1.165) is 17.5 Å². The van der Waals surface area contributed by atoms with Gasteiger partial charge >= 0.3 is 0 Å². The van der Waals surface area contributed by atoms with Gasteiger partial charge in [0.2, 0.25) is 0 Å². The molecule has 0 aliphatic carbocycles. The van der Waals surface area contributed by atoms with Crippen molar-refractivity contribution >= 4 is 17.0 Å². The molecule has 120 valence electrons. The van der Waals surface area contributed by atoms with Crippen molar-refractivity contribution in [2.45, 2.75) is 32.9 Å². The number of fused-ring (bicyclic) bond motifs is 1. The van der Waals surface area contributed by atoms with Gasteiger partial charge in [0, 0.05) is 24.7 Å². The van der Waals surface area contributed by atoms with Crippen molar-refractivity contribution in [1.82, 2.24) is 9.88 Å². The molecule has 1 aromatic carbocycles. The topological polar surface area (TPSA) is 47.2 Å². The number of hydrogen-bond acceptors (Lipinski definition) is 2. The molecule has 5 heteroatoms. The Hall–Kier alpha value is -2.56. The first-order chi connectivity index (χ1) is 11.1. The molecule has 0 aliphatic heterocycles. The second-order valence-corrected chi connectivity index (χ2v) is 5.70. The maximum absolute atomic E-state index is 13.4. The van der Waals surface area contributed by atoms with E-state index >= 15 is 0 Å². The number of amides is 1. The molecule has 4 nitrogen and oxygen atoms in total. The number of hydrogen-bond donors (Lipinski definition) is 1. The number of nitrogens with zero attached hydrogens (tertiary/aromatic N) is 1. The Morgan fingerprint density at radius 2 is 2.17 bits per heavy atom. The van der Waals surface area contributed by atoms with Crippen LogP contribution in [0.3, 0.4) is 0 Å². The smallest absolute Gasteiger partial charge is 0.268 e. The molecule has 1 unspecified atom stereocenters. The monoisotopic (exact) mass is 314 g/mol. The minimum absolute atomic E-state index is 0.0892. The SMILES string of the molecule is CCC(C)NC(=O)c1cc2occc2n1Cc1cccc(F)c1. The van der Waals surface area contributed by atoms with E-state index in [1.54, 1.807) is 18.4 Å². The normalized spacial score (nSPS) is 12.5. The standard InChI is InChI=1S/C18H19FN2O2/c1-3-12(2)20-18(22)16-10-17-15(7-8-23-17)21(16)11-13-5-4-6-14(19)9-13/h4-10,12H,3,11H2,1-2H3,(H,20,22). The van der Waals surface area contributed by atoms with E-state index in [1.165, 1.54) is 12.1 Å². The number of nitrogens with one attached hydrogen (secondary N) is 1. The first-order valence-electron chi connectivity index (χ1n) is 7.70. The Bertz CT molecular complexity index is 835. The first kappa shape index (κ1) is 15.3. The van der Waals surface area contributed by atoms with E-state index in [0.29, 0.717) is 17.8 Å². The highest BCUT2D eigenvalue weighted by molar-refractivity contribution is 5.97. The minimum atomic E-state index is -0.288. The van der Waals surface area contributed by atoms with Gasteiger partial charge in [0.05, 0.1) is 11.8 Å². The molecule has 2 heterocycles. The van der Waals surface area contributed by atoms with E-state index in [-0.39, 0.29) is 17.8 Å². The maximum atomic E-state index is 13.4. The summed E-state index contributed by atoms with van der Waals surface area (Å²) >= 11 is 0. The van der Waals surface area contributed by atoms with Crippen molar-refractivity contribution in [3.05, 3.63) is 59.7 Å². The summed E-state index contributed by atoms with van der Waals surface area (Å²) in [4.78, 5) is 12.5. The molecule has 0 radical (unpaired) electrons. The highest BCUT2D eigenvalue weighted by atomic mass is 19.1. The second kappa shape index (κ2) is 6.28. The van der Waals surface area contributed by atoms with E-state index in [1.807, 2.05) is 30.5 Å². The van der Waals surface area contributed by atoms with Crippen molar-refractivity contribution in [2.75, 3.05) is 0 Å². The molecule has 3 aromatic rings. The highest BCUT2D eigenvalue weighted by Gasteiger charge is 2.18. The van der Waals surface area contributed by atoms with Crippen LogP contribution in [-0.4, -0.2) is 16.5 Å². The lowest BCUT2D eigenvalue weighted by molar-refractivity contribution is 0.0930. The second-order valence-electron chi connectivity index (χ2n) is 5.70. The van der Waals surface area contributed by atoms with Crippen LogP contribution in [0, 0.1) is 5.82 Å². The van der Waals surface area contributed by atoms with E-state index in [9.17, 15) is 9.18 Å². The summed E-state index contributed by atoms with van der Waals surface area (Å²) in [6.45, 7) is 4.38. The van der Waals surface area contributed by atoms with Crippen LogP contribution in [0.25, 0.3) is 11.1 Å². The Labute approximate surface area is 133 Å². The molecule has 0 aliphatic rings. The Balaban J connectivity index is 1.98. The third-order valence-corrected chi connectivity index (χ3v) is 3.97. The van der Waals surface area contributed by atoms with Gasteiger partial charge in [-0.1, -0.05) is 19.1 Å². The van der Waals surface area contributed by atoms with Crippen molar-refractivity contribution in [3.63, 3.8) is 0 Å². The molecule has 1 atom stereocenters. The third-order valence-electron chi connectivity index (χ3n) is 3.97. The average Bonchev–Trinajstić information content (AvgIpc) is 3.10. The number of halogens is 1. The minimum Gasteiger partial charge on any atom is -0.463 e. The molecular formula is C18H19FN2O2. The van der Waals surface area contributed by atoms with Crippen LogP contribution in [0.5, 0.6) is 0 Å². The van der Waals surface area contributed by atoms with Crippen LogP contribution in [0.4, 0.5) is 4.39 Å². The van der Waals surface area contributed by atoms with Gasteiger partial charge in [0.25, 0.3) is 5.91 Å². The summed E-state index contributed by atoms with van der Waals surface area (Å²) in [6.07, 6.45) is 2.44. The molecule has 1 N–H and O–H groups in total. The van der Waals surface area contributed by atoms with Gasteiger partial charge in [-0.2, -0.15) is 0 Å². The quantitative estimate of drug-likeness (QED) is 0.775. The Kier molecular flexibility index (Phi) is 4.19. The van der Waals surface area contributed by atoms with Crippen LogP contribution in [0.1, 0.15) is 36.3 Å². The Morgan fingerprint density at radius 1 is 1.35 bits per heavy atom. The lowest BCUT2D eigenvalue weighted by Gasteiger charge is -2.14. The summed E-state index contributed by atoms with van der Waals surface area (Å²) in [7, 11) is 0. The largest absolute Gasteiger partial charge is 0.463 e. The summed E-state index contributed by atoms with van der Waals surface area (Å²) in [5.41, 5.74) is 2.78.